The topological polar surface area (TPSA) is 58.3 Å². The van der Waals surface area contributed by atoms with Crippen molar-refractivity contribution in [1.29, 1.82) is 0 Å². The first-order chi connectivity index (χ1) is 7.66. The Kier molecular flexibility index (Phi) is 3.12. The van der Waals surface area contributed by atoms with Gasteiger partial charge < -0.3 is 14.8 Å². The van der Waals surface area contributed by atoms with Crippen LogP contribution < -0.4 is 0 Å². The summed E-state index contributed by atoms with van der Waals surface area (Å²) in [6.07, 6.45) is 2.53. The zero-order valence-electron chi connectivity index (χ0n) is 8.42. The quantitative estimate of drug-likeness (QED) is 0.860. The molecule has 1 aromatic heterocycles. The van der Waals surface area contributed by atoms with Gasteiger partial charge >= 0.3 is 0 Å². The Morgan fingerprint density at radius 3 is 2.88 bits per heavy atom. The molecule has 0 aliphatic rings. The van der Waals surface area contributed by atoms with E-state index in [4.69, 9.17) is 11.6 Å². The fourth-order valence-corrected chi connectivity index (χ4v) is 1.65. The summed E-state index contributed by atoms with van der Waals surface area (Å²) in [6.45, 7) is 0.308. The molecule has 2 N–H and O–H groups in total. The van der Waals surface area contributed by atoms with Gasteiger partial charge in [-0.2, -0.15) is 0 Å². The highest BCUT2D eigenvalue weighted by Gasteiger charge is 2.10. The predicted octanol–water partition coefficient (Wildman–Crippen LogP) is 1.98. The third-order valence-electron chi connectivity index (χ3n) is 2.29. The second-order valence-electron chi connectivity index (χ2n) is 3.46. The molecule has 1 aromatic carbocycles. The first kappa shape index (κ1) is 11.0. The van der Waals surface area contributed by atoms with Crippen molar-refractivity contribution in [3.63, 3.8) is 0 Å². The first-order valence-electron chi connectivity index (χ1n) is 4.80. The molecule has 0 aliphatic carbocycles. The smallest absolute Gasteiger partial charge is 0.202 e. The van der Waals surface area contributed by atoms with Crippen molar-refractivity contribution in [3.8, 4) is 5.75 Å². The molecule has 0 amide bonds. The number of imidazole rings is 1. The molecule has 0 bridgehead atoms. The Labute approximate surface area is 97.7 Å². The molecule has 0 aliphatic heterocycles. The molecule has 0 spiro atoms. The van der Waals surface area contributed by atoms with Gasteiger partial charge in [-0.25, -0.2) is 4.98 Å². The van der Waals surface area contributed by atoms with Crippen LogP contribution in [0.1, 0.15) is 11.7 Å². The van der Waals surface area contributed by atoms with E-state index in [0.29, 0.717) is 17.4 Å². The van der Waals surface area contributed by atoms with Gasteiger partial charge in [0.15, 0.2) is 0 Å². The molecule has 4 nitrogen and oxygen atoms in total. The van der Waals surface area contributed by atoms with Crippen LogP contribution in [0.4, 0.5) is 0 Å². The normalized spacial score (nSPS) is 12.6. The predicted molar refractivity (Wildman–Crippen MR) is 60.3 cm³/mol. The van der Waals surface area contributed by atoms with E-state index in [1.807, 2.05) is 0 Å². The Balaban J connectivity index is 2.14. The summed E-state index contributed by atoms with van der Waals surface area (Å²) < 4.78 is 1.64. The summed E-state index contributed by atoms with van der Waals surface area (Å²) in [5.41, 5.74) is 0.643. The van der Waals surface area contributed by atoms with Crippen molar-refractivity contribution < 1.29 is 10.2 Å². The average molecular weight is 239 g/mol. The minimum Gasteiger partial charge on any atom is -0.508 e. The lowest BCUT2D eigenvalue weighted by molar-refractivity contribution is 0.156. The molecule has 0 saturated carbocycles. The number of hydrogen-bond acceptors (Lipinski definition) is 3. The van der Waals surface area contributed by atoms with E-state index in [9.17, 15) is 10.2 Å². The summed E-state index contributed by atoms with van der Waals surface area (Å²) in [6, 6.07) is 6.51. The van der Waals surface area contributed by atoms with Gasteiger partial charge in [-0.15, -0.1) is 0 Å². The maximum Gasteiger partial charge on any atom is 0.202 e. The van der Waals surface area contributed by atoms with Gasteiger partial charge in [-0.05, 0) is 29.3 Å². The number of aromatic nitrogens is 2. The van der Waals surface area contributed by atoms with Crippen molar-refractivity contribution in [3.05, 3.63) is 47.5 Å². The lowest BCUT2D eigenvalue weighted by Crippen LogP contribution is -2.07. The summed E-state index contributed by atoms with van der Waals surface area (Å²) in [4.78, 5) is 3.85. The van der Waals surface area contributed by atoms with Gasteiger partial charge in [0.25, 0.3) is 0 Å². The van der Waals surface area contributed by atoms with Gasteiger partial charge in [0, 0.05) is 12.4 Å². The highest BCUT2D eigenvalue weighted by molar-refractivity contribution is 6.28. The van der Waals surface area contributed by atoms with Crippen LogP contribution in [0.2, 0.25) is 5.28 Å². The van der Waals surface area contributed by atoms with Crippen molar-refractivity contribution in [2.45, 2.75) is 12.6 Å². The molecule has 2 aromatic rings. The molecule has 1 unspecified atom stereocenters. The van der Waals surface area contributed by atoms with Crippen molar-refractivity contribution >= 4 is 11.6 Å². The van der Waals surface area contributed by atoms with Crippen molar-refractivity contribution in [2.75, 3.05) is 0 Å². The Hall–Kier alpha value is -1.52. The van der Waals surface area contributed by atoms with Crippen LogP contribution in [-0.4, -0.2) is 19.8 Å². The minimum atomic E-state index is -0.723. The average Bonchev–Trinajstić information content (AvgIpc) is 2.64. The van der Waals surface area contributed by atoms with E-state index in [1.165, 1.54) is 6.07 Å². The minimum absolute atomic E-state index is 0.133. The largest absolute Gasteiger partial charge is 0.508 e. The van der Waals surface area contributed by atoms with E-state index in [2.05, 4.69) is 4.98 Å². The molecule has 1 heterocycles. The van der Waals surface area contributed by atoms with Crippen LogP contribution in [-0.2, 0) is 6.54 Å². The van der Waals surface area contributed by atoms with Gasteiger partial charge in [-0.3, -0.25) is 0 Å². The fraction of sp³-hybridized carbons (Fsp3) is 0.182. The van der Waals surface area contributed by atoms with Crippen molar-refractivity contribution in [2.24, 2.45) is 0 Å². The van der Waals surface area contributed by atoms with Crippen LogP contribution >= 0.6 is 11.6 Å². The number of nitrogens with zero attached hydrogens (tertiary/aromatic N) is 2. The number of aliphatic hydroxyl groups excluding tert-OH is 1. The second kappa shape index (κ2) is 4.55. The lowest BCUT2D eigenvalue weighted by Gasteiger charge is -2.12. The number of aromatic hydroxyl groups is 1. The third-order valence-corrected chi connectivity index (χ3v) is 2.60. The van der Waals surface area contributed by atoms with Crippen LogP contribution in [0.5, 0.6) is 5.75 Å². The monoisotopic (exact) mass is 238 g/mol. The number of phenols is 1. The van der Waals surface area contributed by atoms with Gasteiger partial charge in [0.05, 0.1) is 12.6 Å². The maximum atomic E-state index is 9.92. The summed E-state index contributed by atoms with van der Waals surface area (Å²) in [5, 5.41) is 19.5. The molecular formula is C11H11ClN2O2. The first-order valence-corrected chi connectivity index (χ1v) is 5.18. The second-order valence-corrected chi connectivity index (χ2v) is 3.80. The number of aliphatic hydroxyl groups is 1. The summed E-state index contributed by atoms with van der Waals surface area (Å²) in [5.74, 6) is 0.133. The van der Waals surface area contributed by atoms with Gasteiger partial charge in [0.2, 0.25) is 5.28 Å². The standard InChI is InChI=1S/C11H11ClN2O2/c12-11-13-4-5-14(11)7-10(16)8-2-1-3-9(15)6-8/h1-6,10,15-16H,7H2. The van der Waals surface area contributed by atoms with Crippen LogP contribution in [0.3, 0.4) is 0 Å². The maximum absolute atomic E-state index is 9.92. The van der Waals surface area contributed by atoms with E-state index >= 15 is 0 Å². The Morgan fingerprint density at radius 2 is 2.25 bits per heavy atom. The van der Waals surface area contributed by atoms with E-state index in [0.717, 1.165) is 0 Å². The van der Waals surface area contributed by atoms with Gasteiger partial charge in [0.1, 0.15) is 5.75 Å². The number of hydrogen-bond donors (Lipinski definition) is 2. The molecule has 2 rings (SSSR count). The molecule has 16 heavy (non-hydrogen) atoms. The molecular weight excluding hydrogens is 228 g/mol. The van der Waals surface area contributed by atoms with Gasteiger partial charge in [-0.1, -0.05) is 12.1 Å². The number of halogens is 1. The zero-order valence-corrected chi connectivity index (χ0v) is 9.17. The van der Waals surface area contributed by atoms with E-state index in [-0.39, 0.29) is 5.75 Å². The fourth-order valence-electron chi connectivity index (χ4n) is 1.47. The zero-order chi connectivity index (χ0) is 11.5. The Morgan fingerprint density at radius 1 is 1.44 bits per heavy atom. The van der Waals surface area contributed by atoms with Crippen LogP contribution in [0, 0.1) is 0 Å². The van der Waals surface area contributed by atoms with E-state index in [1.54, 1.807) is 35.2 Å². The van der Waals surface area contributed by atoms with E-state index < -0.39 is 6.10 Å². The molecule has 84 valence electrons. The van der Waals surface area contributed by atoms with Crippen LogP contribution in [0.15, 0.2) is 36.7 Å². The Bertz CT molecular complexity index is 484. The number of rotatable bonds is 3. The summed E-state index contributed by atoms with van der Waals surface area (Å²) >= 11 is 5.79. The summed E-state index contributed by atoms with van der Waals surface area (Å²) in [7, 11) is 0. The molecule has 1 atom stereocenters. The third kappa shape index (κ3) is 2.35. The SMILES string of the molecule is Oc1cccc(C(O)Cn2ccnc2Cl)c1. The lowest BCUT2D eigenvalue weighted by atomic mass is 10.1. The molecule has 0 radical (unpaired) electrons. The molecule has 5 heteroatoms. The molecule has 0 saturated heterocycles. The van der Waals surface area contributed by atoms with Crippen LogP contribution in [0.25, 0.3) is 0 Å². The molecule has 0 fully saturated rings. The van der Waals surface area contributed by atoms with Crippen molar-refractivity contribution in [1.82, 2.24) is 9.55 Å². The number of phenolic OH excluding ortho intramolecular Hbond substituents is 1. The number of benzene rings is 1. The highest BCUT2D eigenvalue weighted by Crippen LogP contribution is 2.20. The highest BCUT2D eigenvalue weighted by atomic mass is 35.5.